The van der Waals surface area contributed by atoms with Crippen LogP contribution in [0.2, 0.25) is 0 Å². The second-order valence-corrected chi connectivity index (χ2v) is 13.2. The number of hydrogen-bond acceptors (Lipinski definition) is 20. The maximum atomic E-state index is 11.6. The quantitative estimate of drug-likeness (QED) is 0.118. The highest BCUT2D eigenvalue weighted by Gasteiger charge is 2.53. The van der Waals surface area contributed by atoms with Crippen LogP contribution in [0.3, 0.4) is 0 Å². The van der Waals surface area contributed by atoms with Crippen LogP contribution in [0, 0.1) is 0 Å². The van der Waals surface area contributed by atoms with E-state index in [0.717, 1.165) is 24.3 Å². The van der Waals surface area contributed by atoms with Crippen LogP contribution < -0.4 is 4.74 Å². The molecule has 2 aromatic rings. The van der Waals surface area contributed by atoms with Crippen LogP contribution in [-0.2, 0) is 28.4 Å². The number of rotatable bonds is 8. The average Bonchev–Trinajstić information content (AvgIpc) is 3.11. The lowest BCUT2D eigenvalue weighted by Crippen LogP contribution is -2.64. The van der Waals surface area contributed by atoms with Gasteiger partial charge in [0.05, 0.1) is 24.4 Å². The van der Waals surface area contributed by atoms with Gasteiger partial charge >= 0.3 is 0 Å². The molecule has 0 aromatic heterocycles. The Morgan fingerprint density at radius 2 is 1.23 bits per heavy atom. The zero-order valence-corrected chi connectivity index (χ0v) is 28.0. The normalized spacial score (nSPS) is 40.4. The molecule has 0 bridgehead atoms. The molecule has 20 nitrogen and oxygen atoms in total. The molecule has 4 aliphatic heterocycles. The summed E-state index contributed by atoms with van der Waals surface area (Å²) in [6.45, 7) is 2.09. The number of aromatic hydroxyl groups is 4. The second kappa shape index (κ2) is 15.3. The lowest BCUT2D eigenvalue weighted by molar-refractivity contribution is -0.366. The summed E-state index contributed by atoms with van der Waals surface area (Å²) in [5.74, 6) is -3.45. The Labute approximate surface area is 300 Å². The predicted octanol–water partition coefficient (Wildman–Crippen LogP) is -3.18. The molecule has 4 aliphatic rings. The topological polar surface area (TPSA) is 328 Å². The van der Waals surface area contributed by atoms with Crippen LogP contribution in [0.15, 0.2) is 36.1 Å². The van der Waals surface area contributed by atoms with Gasteiger partial charge in [-0.15, -0.1) is 0 Å². The van der Waals surface area contributed by atoms with Crippen molar-refractivity contribution >= 4 is 5.76 Å². The van der Waals surface area contributed by atoms with Gasteiger partial charge in [0.1, 0.15) is 78.3 Å². The van der Waals surface area contributed by atoms with Crippen molar-refractivity contribution in [1.82, 2.24) is 0 Å². The maximum Gasteiger partial charge on any atom is 0.229 e. The zero-order chi connectivity index (χ0) is 38.6. The molecule has 1 unspecified atom stereocenters. The minimum Gasteiger partial charge on any atom is -0.508 e. The number of benzene rings is 2. The largest absolute Gasteiger partial charge is 0.508 e. The van der Waals surface area contributed by atoms with Crippen molar-refractivity contribution < 1.29 is 99.5 Å². The summed E-state index contributed by atoms with van der Waals surface area (Å²) in [5, 5.41) is 137. The van der Waals surface area contributed by atoms with E-state index in [9.17, 15) is 66.4 Å². The van der Waals surface area contributed by atoms with E-state index >= 15 is 0 Å². The minimum atomic E-state index is -2.01. The summed E-state index contributed by atoms with van der Waals surface area (Å²) in [6.07, 6.45) is -26.8. The van der Waals surface area contributed by atoms with E-state index in [1.165, 1.54) is 19.9 Å². The number of ether oxygens (including phenoxy) is 7. The Kier molecular flexibility index (Phi) is 11.3. The van der Waals surface area contributed by atoms with E-state index in [-0.39, 0.29) is 22.6 Å². The van der Waals surface area contributed by atoms with Gasteiger partial charge in [0.15, 0.2) is 41.7 Å². The smallest absolute Gasteiger partial charge is 0.229 e. The van der Waals surface area contributed by atoms with Crippen LogP contribution in [0.5, 0.6) is 28.7 Å². The SMILES string of the molecule is C[C@H]1O[C@H](OC[C@@H]2O[C@H](OC3=C(c4ccc(O)c(O)c4)Oc4cc(O)cc(O)c4C3O)[C@@H](O[C@H]3O[C@H](C)[C@@H](O)[C@H](O)[C@@H]3O)[C@H](O)[C@H]2O)[C@@H](O)[C@@H](O)[C@@H]1O. The molecule has 53 heavy (non-hydrogen) atoms. The molecule has 0 amide bonds. The molecule has 294 valence electrons. The highest BCUT2D eigenvalue weighted by atomic mass is 16.8. The van der Waals surface area contributed by atoms with Gasteiger partial charge in [0.2, 0.25) is 6.29 Å². The van der Waals surface area contributed by atoms with E-state index in [0.29, 0.717) is 0 Å². The highest BCUT2D eigenvalue weighted by molar-refractivity contribution is 5.72. The molecule has 2 aromatic carbocycles. The summed E-state index contributed by atoms with van der Waals surface area (Å²) in [7, 11) is 0. The lowest BCUT2D eigenvalue weighted by Gasteiger charge is -2.46. The molecule has 3 saturated heterocycles. The Hall–Kier alpha value is -3.58. The summed E-state index contributed by atoms with van der Waals surface area (Å²) in [5.41, 5.74) is -0.347. The first kappa shape index (κ1) is 39.1. The van der Waals surface area contributed by atoms with Crippen molar-refractivity contribution in [3.63, 3.8) is 0 Å². The van der Waals surface area contributed by atoms with Crippen molar-refractivity contribution in [1.29, 1.82) is 0 Å². The van der Waals surface area contributed by atoms with Crippen molar-refractivity contribution in [3.8, 4) is 28.7 Å². The first-order valence-corrected chi connectivity index (χ1v) is 16.5. The first-order valence-electron chi connectivity index (χ1n) is 16.5. The number of phenolic OH excluding ortho intramolecular Hbond substituents is 4. The number of phenols is 4. The second-order valence-electron chi connectivity index (χ2n) is 13.2. The van der Waals surface area contributed by atoms with Crippen molar-refractivity contribution in [2.75, 3.05) is 6.61 Å². The van der Waals surface area contributed by atoms with Crippen molar-refractivity contribution in [3.05, 3.63) is 47.2 Å². The van der Waals surface area contributed by atoms with Crippen LogP contribution >= 0.6 is 0 Å². The fourth-order valence-electron chi connectivity index (χ4n) is 6.39. The number of hydrogen-bond donors (Lipinski definition) is 13. The molecular formula is C33H42O20. The maximum absolute atomic E-state index is 11.6. The van der Waals surface area contributed by atoms with Crippen LogP contribution in [-0.4, -0.2) is 165 Å². The van der Waals surface area contributed by atoms with Gasteiger partial charge < -0.3 is 99.5 Å². The summed E-state index contributed by atoms with van der Waals surface area (Å²) < 4.78 is 40.3. The Morgan fingerprint density at radius 3 is 1.87 bits per heavy atom. The molecule has 16 atom stereocenters. The predicted molar refractivity (Wildman–Crippen MR) is 169 cm³/mol. The fraction of sp³-hybridized carbons (Fsp3) is 0.576. The Morgan fingerprint density at radius 1 is 0.604 bits per heavy atom. The first-order chi connectivity index (χ1) is 25.0. The molecular weight excluding hydrogens is 716 g/mol. The van der Waals surface area contributed by atoms with Gasteiger partial charge in [-0.05, 0) is 32.0 Å². The van der Waals surface area contributed by atoms with Gasteiger partial charge in [-0.1, -0.05) is 0 Å². The Balaban J connectivity index is 1.37. The van der Waals surface area contributed by atoms with Gasteiger partial charge in [-0.2, -0.15) is 0 Å². The monoisotopic (exact) mass is 758 g/mol. The molecule has 0 saturated carbocycles. The molecule has 0 spiro atoms. The van der Waals surface area contributed by atoms with Crippen molar-refractivity contribution in [2.24, 2.45) is 0 Å². The highest BCUT2D eigenvalue weighted by Crippen LogP contribution is 2.49. The van der Waals surface area contributed by atoms with E-state index in [4.69, 9.17) is 33.2 Å². The summed E-state index contributed by atoms with van der Waals surface area (Å²) in [4.78, 5) is 0. The molecule has 6 rings (SSSR count). The van der Waals surface area contributed by atoms with Crippen LogP contribution in [0.1, 0.15) is 31.1 Å². The lowest BCUT2D eigenvalue weighted by atomic mass is 9.96. The van der Waals surface area contributed by atoms with Gasteiger partial charge in [0, 0.05) is 17.7 Å². The van der Waals surface area contributed by atoms with Gasteiger partial charge in [-0.25, -0.2) is 0 Å². The molecule has 0 aliphatic carbocycles. The third kappa shape index (κ3) is 7.44. The van der Waals surface area contributed by atoms with E-state index in [1.807, 2.05) is 0 Å². The molecule has 20 heteroatoms. The molecule has 3 fully saturated rings. The van der Waals surface area contributed by atoms with Crippen LogP contribution in [0.25, 0.3) is 5.76 Å². The average molecular weight is 759 g/mol. The standard InChI is InChI=1S/C33H42O20/c1-9-19(38)23(42)26(45)31(48-9)47-8-17-21(40)25(44)30(53-32-27(46)24(43)20(39)10(2)49-32)33(51-17)52-29-22(41)18-15(37)6-12(34)7-16(18)50-28(29)11-3-4-13(35)14(36)5-11/h3-7,9-10,17,19-27,30-46H,8H2,1-2H3/t9-,10-,17+,19-,20-,21+,22?,23+,24+,25-,26+,27+,30+,31+,32-,33-/m1/s1. The van der Waals surface area contributed by atoms with Gasteiger partial charge in [-0.3, -0.25) is 0 Å². The molecule has 13 N–H and O–H groups in total. The van der Waals surface area contributed by atoms with Crippen LogP contribution in [0.4, 0.5) is 0 Å². The molecule has 0 radical (unpaired) electrons. The third-order valence-electron chi connectivity index (χ3n) is 9.52. The van der Waals surface area contributed by atoms with E-state index in [2.05, 4.69) is 0 Å². The number of aliphatic hydroxyl groups excluding tert-OH is 9. The van der Waals surface area contributed by atoms with Gasteiger partial charge in [0.25, 0.3) is 0 Å². The molecule has 4 heterocycles. The fourth-order valence-corrected chi connectivity index (χ4v) is 6.39. The number of aliphatic hydroxyl groups is 9. The zero-order valence-electron chi connectivity index (χ0n) is 28.0. The summed E-state index contributed by atoms with van der Waals surface area (Å²) in [6, 6.07) is 5.33. The van der Waals surface area contributed by atoms with Crippen molar-refractivity contribution in [2.45, 2.75) is 112 Å². The summed E-state index contributed by atoms with van der Waals surface area (Å²) >= 11 is 0. The third-order valence-corrected chi connectivity index (χ3v) is 9.52. The number of fused-ring (bicyclic) bond motifs is 1. The minimum absolute atomic E-state index is 0.0353. The van der Waals surface area contributed by atoms with E-state index in [1.54, 1.807) is 0 Å². The Bertz CT molecular complexity index is 1650. The van der Waals surface area contributed by atoms with E-state index < -0.39 is 134 Å².